The summed E-state index contributed by atoms with van der Waals surface area (Å²) in [4.78, 5) is 24.0. The van der Waals surface area contributed by atoms with Crippen molar-refractivity contribution < 1.29 is 32.6 Å². The normalized spacial score (nSPS) is 20.3. The lowest BCUT2D eigenvalue weighted by molar-refractivity contribution is -0.187. The minimum absolute atomic E-state index is 0.0273. The van der Waals surface area contributed by atoms with Gasteiger partial charge in [-0.3, -0.25) is 4.79 Å². The van der Waals surface area contributed by atoms with Crippen LogP contribution in [-0.4, -0.2) is 47.4 Å². The molecule has 1 aromatic carbocycles. The number of ether oxygens (including phenoxy) is 1. The molecular formula is C17H21F3N2O4. The van der Waals surface area contributed by atoms with Crippen LogP contribution in [0.15, 0.2) is 24.3 Å². The topological polar surface area (TPSA) is 78.9 Å². The van der Waals surface area contributed by atoms with E-state index in [0.717, 1.165) is 10.5 Å². The maximum atomic E-state index is 13.0. The number of rotatable bonds is 5. The summed E-state index contributed by atoms with van der Waals surface area (Å²) in [5, 5.41) is 11.5. The molecule has 2 atom stereocenters. The van der Waals surface area contributed by atoms with Crippen molar-refractivity contribution in [2.75, 3.05) is 13.1 Å². The lowest BCUT2D eigenvalue weighted by atomic mass is 9.96. The second kappa shape index (κ2) is 7.84. The van der Waals surface area contributed by atoms with Gasteiger partial charge in [-0.1, -0.05) is 12.1 Å². The van der Waals surface area contributed by atoms with Crippen LogP contribution in [0.2, 0.25) is 0 Å². The van der Waals surface area contributed by atoms with Gasteiger partial charge in [-0.25, -0.2) is 4.79 Å². The van der Waals surface area contributed by atoms with E-state index in [1.807, 2.05) is 13.8 Å². The molecule has 1 heterocycles. The summed E-state index contributed by atoms with van der Waals surface area (Å²) in [6, 6.07) is 6.22. The summed E-state index contributed by atoms with van der Waals surface area (Å²) < 4.78 is 44.4. The van der Waals surface area contributed by atoms with Crippen LogP contribution < -0.4 is 10.1 Å². The first-order valence-electron chi connectivity index (χ1n) is 8.16. The number of urea groups is 1. The zero-order valence-corrected chi connectivity index (χ0v) is 14.4. The van der Waals surface area contributed by atoms with Crippen LogP contribution >= 0.6 is 0 Å². The van der Waals surface area contributed by atoms with Crippen molar-refractivity contribution in [1.29, 1.82) is 0 Å². The first-order chi connectivity index (χ1) is 12.1. The van der Waals surface area contributed by atoms with Gasteiger partial charge < -0.3 is 20.1 Å². The SMILES string of the molecule is CC(C)Oc1ccc(CNC(=O)N2C[C@@H](C(F)(F)F)[C@H](C(=O)O)C2)cc1. The zero-order valence-electron chi connectivity index (χ0n) is 14.4. The molecule has 9 heteroatoms. The second-order valence-corrected chi connectivity index (χ2v) is 6.47. The number of carbonyl (C=O) groups excluding carboxylic acids is 1. The standard InChI is InChI=1S/C17H21F3N2O4/c1-10(2)26-12-5-3-11(4-6-12)7-21-16(25)22-8-13(15(23)24)14(9-22)17(18,19)20/h3-6,10,13-14H,7-9H2,1-2H3,(H,21,25)(H,23,24)/t13-,14-/m1/s1. The lowest BCUT2D eigenvalue weighted by Crippen LogP contribution is -2.39. The molecule has 1 aliphatic rings. The predicted octanol–water partition coefficient (Wildman–Crippen LogP) is 2.88. The fraction of sp³-hybridized carbons (Fsp3) is 0.529. The molecule has 0 saturated carbocycles. The number of likely N-dealkylation sites (tertiary alicyclic amines) is 1. The zero-order chi connectivity index (χ0) is 19.5. The summed E-state index contributed by atoms with van der Waals surface area (Å²) in [5.41, 5.74) is 0.746. The van der Waals surface area contributed by atoms with Crippen molar-refractivity contribution in [3.63, 3.8) is 0 Å². The van der Waals surface area contributed by atoms with Gasteiger partial charge in [0.25, 0.3) is 0 Å². The highest BCUT2D eigenvalue weighted by Gasteiger charge is 2.53. The Kier molecular flexibility index (Phi) is 5.99. The highest BCUT2D eigenvalue weighted by atomic mass is 19.4. The van der Waals surface area contributed by atoms with Gasteiger partial charge in [-0.15, -0.1) is 0 Å². The minimum Gasteiger partial charge on any atom is -0.491 e. The Morgan fingerprint density at radius 2 is 1.88 bits per heavy atom. The Labute approximate surface area is 148 Å². The van der Waals surface area contributed by atoms with Crippen molar-refractivity contribution in [2.24, 2.45) is 11.8 Å². The molecule has 1 fully saturated rings. The monoisotopic (exact) mass is 374 g/mol. The summed E-state index contributed by atoms with van der Waals surface area (Å²) in [6.45, 7) is 2.78. The third kappa shape index (κ3) is 5.03. The molecule has 2 amide bonds. The number of aliphatic carboxylic acids is 1. The quantitative estimate of drug-likeness (QED) is 0.831. The van der Waals surface area contributed by atoms with Gasteiger partial charge in [0, 0.05) is 19.6 Å². The van der Waals surface area contributed by atoms with Gasteiger partial charge in [0.1, 0.15) is 5.75 Å². The molecule has 0 aromatic heterocycles. The molecule has 0 aliphatic carbocycles. The number of carboxylic acids is 1. The van der Waals surface area contributed by atoms with Crippen molar-refractivity contribution in [3.8, 4) is 5.75 Å². The number of alkyl halides is 3. The second-order valence-electron chi connectivity index (χ2n) is 6.47. The van der Waals surface area contributed by atoms with Crippen molar-refractivity contribution in [1.82, 2.24) is 10.2 Å². The van der Waals surface area contributed by atoms with Crippen LogP contribution in [0.4, 0.5) is 18.0 Å². The molecule has 26 heavy (non-hydrogen) atoms. The number of nitrogens with zero attached hydrogens (tertiary/aromatic N) is 1. The fourth-order valence-corrected chi connectivity index (χ4v) is 2.80. The average molecular weight is 374 g/mol. The first-order valence-corrected chi connectivity index (χ1v) is 8.16. The Bertz CT molecular complexity index is 646. The number of hydrogen-bond donors (Lipinski definition) is 2. The van der Waals surface area contributed by atoms with Crippen LogP contribution in [-0.2, 0) is 11.3 Å². The highest BCUT2D eigenvalue weighted by molar-refractivity contribution is 5.77. The van der Waals surface area contributed by atoms with E-state index in [2.05, 4.69) is 5.32 Å². The van der Waals surface area contributed by atoms with Crippen LogP contribution in [0, 0.1) is 11.8 Å². The van der Waals surface area contributed by atoms with E-state index in [9.17, 15) is 22.8 Å². The molecule has 144 valence electrons. The van der Waals surface area contributed by atoms with Crippen molar-refractivity contribution >= 4 is 12.0 Å². The lowest BCUT2D eigenvalue weighted by Gasteiger charge is -2.18. The Morgan fingerprint density at radius 3 is 2.35 bits per heavy atom. The molecule has 0 bridgehead atoms. The van der Waals surface area contributed by atoms with E-state index in [4.69, 9.17) is 9.84 Å². The largest absolute Gasteiger partial charge is 0.491 e. The molecule has 0 spiro atoms. The van der Waals surface area contributed by atoms with Crippen LogP contribution in [0.1, 0.15) is 19.4 Å². The number of nitrogens with one attached hydrogen (secondary N) is 1. The van der Waals surface area contributed by atoms with Gasteiger partial charge in [0.05, 0.1) is 17.9 Å². The molecule has 6 nitrogen and oxygen atoms in total. The van der Waals surface area contributed by atoms with Gasteiger partial charge in [0.2, 0.25) is 0 Å². The molecule has 1 aromatic rings. The average Bonchev–Trinajstić information content (AvgIpc) is 2.99. The molecular weight excluding hydrogens is 353 g/mol. The maximum absolute atomic E-state index is 13.0. The molecule has 0 unspecified atom stereocenters. The summed E-state index contributed by atoms with van der Waals surface area (Å²) >= 11 is 0. The molecule has 1 aliphatic heterocycles. The van der Waals surface area contributed by atoms with Gasteiger partial charge in [-0.05, 0) is 31.5 Å². The van der Waals surface area contributed by atoms with Crippen LogP contribution in [0.3, 0.4) is 0 Å². The predicted molar refractivity (Wildman–Crippen MR) is 86.7 cm³/mol. The number of carboxylic acid groups (broad SMARTS) is 1. The number of benzene rings is 1. The van der Waals surface area contributed by atoms with E-state index in [0.29, 0.717) is 5.75 Å². The number of halogens is 3. The van der Waals surface area contributed by atoms with E-state index in [-0.39, 0.29) is 12.6 Å². The molecule has 2 rings (SSSR count). The molecule has 2 N–H and O–H groups in total. The van der Waals surface area contributed by atoms with E-state index < -0.39 is 43.1 Å². The molecule has 1 saturated heterocycles. The van der Waals surface area contributed by atoms with E-state index >= 15 is 0 Å². The Morgan fingerprint density at radius 1 is 1.27 bits per heavy atom. The van der Waals surface area contributed by atoms with Crippen molar-refractivity contribution in [2.45, 2.75) is 32.7 Å². The summed E-state index contributed by atoms with van der Waals surface area (Å²) in [7, 11) is 0. The first kappa shape index (κ1) is 19.9. The Balaban J connectivity index is 1.92. The minimum atomic E-state index is -4.66. The van der Waals surface area contributed by atoms with Crippen LogP contribution in [0.25, 0.3) is 0 Å². The van der Waals surface area contributed by atoms with Crippen LogP contribution in [0.5, 0.6) is 5.75 Å². The highest BCUT2D eigenvalue weighted by Crippen LogP contribution is 2.37. The fourth-order valence-electron chi connectivity index (χ4n) is 2.80. The summed E-state index contributed by atoms with van der Waals surface area (Å²) in [6.07, 6.45) is -4.64. The third-order valence-electron chi connectivity index (χ3n) is 4.08. The third-order valence-corrected chi connectivity index (χ3v) is 4.08. The Hall–Kier alpha value is -2.45. The summed E-state index contributed by atoms with van der Waals surface area (Å²) in [5.74, 6) is -4.58. The number of amides is 2. The molecule has 0 radical (unpaired) electrons. The number of carbonyl (C=O) groups is 2. The van der Waals surface area contributed by atoms with Gasteiger partial charge in [0.15, 0.2) is 0 Å². The maximum Gasteiger partial charge on any atom is 0.394 e. The number of hydrogen-bond acceptors (Lipinski definition) is 3. The van der Waals surface area contributed by atoms with Crippen molar-refractivity contribution in [3.05, 3.63) is 29.8 Å². The van der Waals surface area contributed by atoms with E-state index in [1.54, 1.807) is 24.3 Å². The van der Waals surface area contributed by atoms with Gasteiger partial charge >= 0.3 is 18.2 Å². The smallest absolute Gasteiger partial charge is 0.394 e. The van der Waals surface area contributed by atoms with E-state index in [1.165, 1.54) is 0 Å². The van der Waals surface area contributed by atoms with Gasteiger partial charge in [-0.2, -0.15) is 13.2 Å².